The van der Waals surface area contributed by atoms with E-state index >= 15 is 0 Å². The second-order valence-electron chi connectivity index (χ2n) is 6.11. The number of nitrogens with one attached hydrogen (secondary N) is 2. The van der Waals surface area contributed by atoms with Crippen molar-refractivity contribution in [3.05, 3.63) is 0 Å². The third-order valence-electron chi connectivity index (χ3n) is 2.53. The number of rotatable bonds is 6. The number of aliphatic hydroxyl groups is 1. The van der Waals surface area contributed by atoms with E-state index < -0.39 is 17.3 Å². The first kappa shape index (κ1) is 17.2. The van der Waals surface area contributed by atoms with Gasteiger partial charge < -0.3 is 20.5 Å². The lowest BCUT2D eigenvalue weighted by atomic mass is 10.0. The fourth-order valence-electron chi connectivity index (χ4n) is 1.16. The van der Waals surface area contributed by atoms with Crippen LogP contribution < -0.4 is 10.6 Å². The van der Waals surface area contributed by atoms with Gasteiger partial charge in [0.2, 0.25) is 0 Å². The minimum Gasteiger partial charge on any atom is -0.444 e. The molecule has 0 heterocycles. The first-order valence-electron chi connectivity index (χ1n) is 6.45. The number of ether oxygens (including phenoxy) is 1. The van der Waals surface area contributed by atoms with Gasteiger partial charge in [0.15, 0.2) is 0 Å². The highest BCUT2D eigenvalue weighted by atomic mass is 16.6. The SMILES string of the molecule is CC(NCCCNC(=O)OC(C)(C)C)C(C)(C)O. The predicted octanol–water partition coefficient (Wildman–Crippen LogP) is 1.65. The molecule has 0 spiro atoms. The van der Waals surface area contributed by atoms with Crippen molar-refractivity contribution in [3.8, 4) is 0 Å². The van der Waals surface area contributed by atoms with Crippen LogP contribution in [0.2, 0.25) is 0 Å². The van der Waals surface area contributed by atoms with Gasteiger partial charge in [-0.1, -0.05) is 0 Å². The van der Waals surface area contributed by atoms with Gasteiger partial charge in [0.1, 0.15) is 5.60 Å². The molecule has 5 nitrogen and oxygen atoms in total. The van der Waals surface area contributed by atoms with Gasteiger partial charge in [-0.05, 0) is 54.5 Å². The molecule has 0 bridgehead atoms. The molecular weight excluding hydrogens is 232 g/mol. The van der Waals surface area contributed by atoms with Crippen molar-refractivity contribution in [2.75, 3.05) is 13.1 Å². The van der Waals surface area contributed by atoms with E-state index in [1.54, 1.807) is 13.8 Å². The summed E-state index contributed by atoms with van der Waals surface area (Å²) in [7, 11) is 0. The Kier molecular flexibility index (Phi) is 6.63. The van der Waals surface area contributed by atoms with Crippen molar-refractivity contribution < 1.29 is 14.6 Å². The number of hydrogen-bond acceptors (Lipinski definition) is 4. The summed E-state index contributed by atoms with van der Waals surface area (Å²) in [6, 6.07) is 0.0130. The zero-order valence-corrected chi connectivity index (χ0v) is 12.5. The van der Waals surface area contributed by atoms with Crippen molar-refractivity contribution in [1.82, 2.24) is 10.6 Å². The minimum atomic E-state index is -0.738. The summed E-state index contributed by atoms with van der Waals surface area (Å²) < 4.78 is 5.11. The molecule has 0 saturated carbocycles. The molecule has 0 rings (SSSR count). The second kappa shape index (κ2) is 6.95. The lowest BCUT2D eigenvalue weighted by Gasteiger charge is -2.26. The zero-order valence-electron chi connectivity index (χ0n) is 12.5. The molecular formula is C13H28N2O3. The van der Waals surface area contributed by atoms with Crippen LogP contribution in [-0.2, 0) is 4.74 Å². The molecule has 0 fully saturated rings. The summed E-state index contributed by atoms with van der Waals surface area (Å²) in [5.74, 6) is 0. The van der Waals surface area contributed by atoms with Crippen LogP contribution in [0.5, 0.6) is 0 Å². The van der Waals surface area contributed by atoms with Crippen LogP contribution in [-0.4, -0.2) is 41.5 Å². The Hall–Kier alpha value is -0.810. The highest BCUT2D eigenvalue weighted by Crippen LogP contribution is 2.07. The van der Waals surface area contributed by atoms with Crippen molar-refractivity contribution in [2.24, 2.45) is 0 Å². The normalized spacial score (nSPS) is 14.2. The number of alkyl carbamates (subject to hydrolysis) is 1. The summed E-state index contributed by atoms with van der Waals surface area (Å²) in [4.78, 5) is 11.3. The Morgan fingerprint density at radius 1 is 1.22 bits per heavy atom. The van der Waals surface area contributed by atoms with Gasteiger partial charge in [-0.3, -0.25) is 0 Å². The summed E-state index contributed by atoms with van der Waals surface area (Å²) in [5, 5.41) is 15.6. The molecule has 1 atom stereocenters. The maximum absolute atomic E-state index is 11.3. The third kappa shape index (κ3) is 9.24. The second-order valence-corrected chi connectivity index (χ2v) is 6.11. The quantitative estimate of drug-likeness (QED) is 0.635. The Labute approximate surface area is 110 Å². The molecule has 5 heteroatoms. The number of amides is 1. The van der Waals surface area contributed by atoms with Gasteiger partial charge in [0.05, 0.1) is 5.60 Å². The molecule has 0 aliphatic carbocycles. The van der Waals surface area contributed by atoms with E-state index in [0.717, 1.165) is 13.0 Å². The van der Waals surface area contributed by atoms with Crippen molar-refractivity contribution in [1.29, 1.82) is 0 Å². The lowest BCUT2D eigenvalue weighted by molar-refractivity contribution is 0.0436. The summed E-state index contributed by atoms with van der Waals surface area (Å²) in [6.07, 6.45) is 0.401. The van der Waals surface area contributed by atoms with Crippen LogP contribution >= 0.6 is 0 Å². The number of carbonyl (C=O) groups excluding carboxylic acids is 1. The molecule has 0 aliphatic heterocycles. The maximum atomic E-state index is 11.3. The van der Waals surface area contributed by atoms with Crippen molar-refractivity contribution >= 4 is 6.09 Å². The van der Waals surface area contributed by atoms with Gasteiger partial charge in [0, 0.05) is 12.6 Å². The smallest absolute Gasteiger partial charge is 0.407 e. The molecule has 0 aromatic heterocycles. The summed E-state index contributed by atoms with van der Waals surface area (Å²) in [6.45, 7) is 12.3. The number of carbonyl (C=O) groups is 1. The van der Waals surface area contributed by atoms with Crippen molar-refractivity contribution in [2.45, 2.75) is 65.2 Å². The fourth-order valence-corrected chi connectivity index (χ4v) is 1.16. The number of hydrogen-bond donors (Lipinski definition) is 3. The molecule has 1 amide bonds. The van der Waals surface area contributed by atoms with E-state index in [0.29, 0.717) is 6.54 Å². The first-order valence-corrected chi connectivity index (χ1v) is 6.45. The van der Waals surface area contributed by atoms with E-state index in [2.05, 4.69) is 10.6 Å². The molecule has 0 saturated heterocycles. The Morgan fingerprint density at radius 3 is 2.22 bits per heavy atom. The summed E-state index contributed by atoms with van der Waals surface area (Å²) >= 11 is 0. The van der Waals surface area contributed by atoms with Gasteiger partial charge >= 0.3 is 6.09 Å². The Bertz CT molecular complexity index is 254. The van der Waals surface area contributed by atoms with E-state index in [4.69, 9.17) is 4.74 Å². The Morgan fingerprint density at radius 2 is 1.78 bits per heavy atom. The predicted molar refractivity (Wildman–Crippen MR) is 72.6 cm³/mol. The van der Waals surface area contributed by atoms with Gasteiger partial charge in [-0.15, -0.1) is 0 Å². The average molecular weight is 260 g/mol. The van der Waals surface area contributed by atoms with Gasteiger partial charge in [-0.2, -0.15) is 0 Å². The first-order chi connectivity index (χ1) is 8.02. The topological polar surface area (TPSA) is 70.6 Å². The monoisotopic (exact) mass is 260 g/mol. The van der Waals surface area contributed by atoms with Crippen LogP contribution in [0.25, 0.3) is 0 Å². The molecule has 0 aliphatic rings. The Balaban J connectivity index is 3.61. The highest BCUT2D eigenvalue weighted by Gasteiger charge is 2.21. The van der Waals surface area contributed by atoms with Crippen LogP contribution in [0.1, 0.15) is 48.0 Å². The molecule has 3 N–H and O–H groups in total. The molecule has 0 radical (unpaired) electrons. The highest BCUT2D eigenvalue weighted by molar-refractivity contribution is 5.67. The molecule has 0 aromatic carbocycles. The molecule has 108 valence electrons. The third-order valence-corrected chi connectivity index (χ3v) is 2.53. The lowest BCUT2D eigenvalue weighted by Crippen LogP contribution is -2.45. The van der Waals surface area contributed by atoms with E-state index in [9.17, 15) is 9.90 Å². The maximum Gasteiger partial charge on any atom is 0.407 e. The van der Waals surface area contributed by atoms with Gasteiger partial charge in [-0.25, -0.2) is 4.79 Å². The standard InChI is InChI=1S/C13H28N2O3/c1-10(13(5,6)17)14-8-7-9-15-11(16)18-12(2,3)4/h10,14,17H,7-9H2,1-6H3,(H,15,16). The van der Waals surface area contributed by atoms with Crippen LogP contribution in [0.3, 0.4) is 0 Å². The zero-order chi connectivity index (χ0) is 14.4. The van der Waals surface area contributed by atoms with Crippen molar-refractivity contribution in [3.63, 3.8) is 0 Å². The largest absolute Gasteiger partial charge is 0.444 e. The van der Waals surface area contributed by atoms with E-state index in [1.165, 1.54) is 0 Å². The van der Waals surface area contributed by atoms with E-state index in [1.807, 2.05) is 27.7 Å². The van der Waals surface area contributed by atoms with Crippen LogP contribution in [0.15, 0.2) is 0 Å². The molecule has 1 unspecified atom stereocenters. The minimum absolute atomic E-state index is 0.0130. The molecule has 0 aromatic rings. The molecule has 18 heavy (non-hydrogen) atoms. The van der Waals surface area contributed by atoms with Gasteiger partial charge in [0.25, 0.3) is 0 Å². The average Bonchev–Trinajstić information content (AvgIpc) is 2.12. The fraction of sp³-hybridized carbons (Fsp3) is 0.923. The van der Waals surface area contributed by atoms with Crippen LogP contribution in [0, 0.1) is 0 Å². The van der Waals surface area contributed by atoms with Crippen LogP contribution in [0.4, 0.5) is 4.79 Å². The van der Waals surface area contributed by atoms with E-state index in [-0.39, 0.29) is 6.04 Å². The summed E-state index contributed by atoms with van der Waals surface area (Å²) in [5.41, 5.74) is -1.20.